The Labute approximate surface area is 171 Å². The zero-order chi connectivity index (χ0) is 19.9. The number of carbonyl (C=O) groups is 1. The Bertz CT molecular complexity index is 598. The van der Waals surface area contributed by atoms with Crippen molar-refractivity contribution in [2.45, 2.75) is 39.2 Å². The van der Waals surface area contributed by atoms with Gasteiger partial charge in [-0.2, -0.15) is 0 Å². The van der Waals surface area contributed by atoms with Crippen LogP contribution in [-0.4, -0.2) is 73.6 Å². The van der Waals surface area contributed by atoms with Gasteiger partial charge in [0.15, 0.2) is 0 Å². The Morgan fingerprint density at radius 2 is 1.75 bits per heavy atom. The number of carbonyl (C=O) groups excluding carboxylic acids is 1. The van der Waals surface area contributed by atoms with Crippen LogP contribution < -0.4 is 5.32 Å². The minimum absolute atomic E-state index is 0.0853. The average molecular weight is 387 g/mol. The number of piperazine rings is 1. The Hall–Kier alpha value is -1.59. The molecule has 2 fully saturated rings. The summed E-state index contributed by atoms with van der Waals surface area (Å²) in [5, 5.41) is 3.17. The normalized spacial score (nSPS) is 27.0. The Morgan fingerprint density at radius 3 is 2.46 bits per heavy atom. The minimum atomic E-state index is 0.0853. The third-order valence-electron chi connectivity index (χ3n) is 6.15. The highest BCUT2D eigenvalue weighted by Gasteiger charge is 2.30. The van der Waals surface area contributed by atoms with E-state index in [0.717, 1.165) is 57.4 Å². The molecule has 3 rings (SSSR count). The summed E-state index contributed by atoms with van der Waals surface area (Å²) in [5.74, 6) is 1.63. The van der Waals surface area contributed by atoms with E-state index in [9.17, 15) is 4.79 Å². The molecule has 1 aromatic carbocycles. The third-order valence-corrected chi connectivity index (χ3v) is 6.15. The van der Waals surface area contributed by atoms with Gasteiger partial charge < -0.3 is 20.0 Å². The fraction of sp³-hybridized carbons (Fsp3) is 0.696. The van der Waals surface area contributed by atoms with Gasteiger partial charge in [-0.25, -0.2) is 4.79 Å². The molecule has 0 spiro atoms. The Morgan fingerprint density at radius 1 is 1.04 bits per heavy atom. The molecule has 2 amide bonds. The molecule has 2 saturated heterocycles. The highest BCUT2D eigenvalue weighted by molar-refractivity contribution is 5.75. The molecule has 3 unspecified atom stereocenters. The highest BCUT2D eigenvalue weighted by atomic mass is 16.2. The number of amides is 2. The van der Waals surface area contributed by atoms with Crippen molar-refractivity contribution in [2.24, 2.45) is 11.8 Å². The number of urea groups is 1. The molecular formula is C23H38N4O. The molecule has 0 saturated carbocycles. The average Bonchev–Trinajstić information content (AvgIpc) is 2.67. The zero-order valence-electron chi connectivity index (χ0n) is 17.9. The van der Waals surface area contributed by atoms with Crippen LogP contribution >= 0.6 is 0 Å². The van der Waals surface area contributed by atoms with Gasteiger partial charge in [-0.1, -0.05) is 44.2 Å². The highest BCUT2D eigenvalue weighted by Crippen LogP contribution is 2.25. The molecule has 3 atom stereocenters. The number of likely N-dealkylation sites (N-methyl/N-ethyl adjacent to an activating group) is 1. The molecule has 1 aromatic rings. The van der Waals surface area contributed by atoms with Crippen molar-refractivity contribution < 1.29 is 4.79 Å². The van der Waals surface area contributed by atoms with E-state index in [4.69, 9.17) is 0 Å². The smallest absolute Gasteiger partial charge is 0.318 e. The lowest BCUT2D eigenvalue weighted by molar-refractivity contribution is 0.108. The van der Waals surface area contributed by atoms with E-state index in [1.807, 2.05) is 11.0 Å². The van der Waals surface area contributed by atoms with Gasteiger partial charge in [0, 0.05) is 39.3 Å². The summed E-state index contributed by atoms with van der Waals surface area (Å²) in [5.41, 5.74) is 1.22. The Kier molecular flexibility index (Phi) is 7.74. The summed E-state index contributed by atoms with van der Waals surface area (Å²) in [7, 11) is 2.13. The lowest BCUT2D eigenvalue weighted by Crippen LogP contribution is -2.52. The van der Waals surface area contributed by atoms with Gasteiger partial charge in [-0.05, 0) is 50.3 Å². The molecule has 5 heteroatoms. The number of piperidine rings is 1. The van der Waals surface area contributed by atoms with Gasteiger partial charge in [0.05, 0.1) is 6.04 Å². The van der Waals surface area contributed by atoms with Gasteiger partial charge in [-0.15, -0.1) is 0 Å². The van der Waals surface area contributed by atoms with Crippen molar-refractivity contribution >= 4 is 6.03 Å². The number of benzene rings is 1. The quantitative estimate of drug-likeness (QED) is 0.761. The number of hydrogen-bond acceptors (Lipinski definition) is 3. The minimum Gasteiger partial charge on any atom is -0.338 e. The lowest BCUT2D eigenvalue weighted by atomic mass is 9.92. The van der Waals surface area contributed by atoms with Crippen molar-refractivity contribution in [1.82, 2.24) is 20.0 Å². The molecule has 0 radical (unpaired) electrons. The SMILES string of the molecule is CC1CC(C)CN(CCCCNC(=O)N2CCN(C)CC2c2ccccc2)C1. The van der Waals surface area contributed by atoms with Crippen LogP contribution in [0, 0.1) is 11.8 Å². The van der Waals surface area contributed by atoms with E-state index >= 15 is 0 Å². The maximum Gasteiger partial charge on any atom is 0.318 e. The summed E-state index contributed by atoms with van der Waals surface area (Å²) in [6, 6.07) is 10.6. The summed E-state index contributed by atoms with van der Waals surface area (Å²) in [6.07, 6.45) is 3.57. The topological polar surface area (TPSA) is 38.8 Å². The fourth-order valence-electron chi connectivity index (χ4n) is 4.85. The Balaban J connectivity index is 1.42. The van der Waals surface area contributed by atoms with Crippen LogP contribution in [0.1, 0.15) is 44.7 Å². The van der Waals surface area contributed by atoms with Gasteiger partial charge in [0.2, 0.25) is 0 Å². The first-order chi connectivity index (χ1) is 13.5. The van der Waals surface area contributed by atoms with Crippen molar-refractivity contribution in [1.29, 1.82) is 0 Å². The zero-order valence-corrected chi connectivity index (χ0v) is 17.9. The van der Waals surface area contributed by atoms with Crippen LogP contribution in [0.25, 0.3) is 0 Å². The van der Waals surface area contributed by atoms with E-state index in [1.54, 1.807) is 0 Å². The maximum atomic E-state index is 12.8. The van der Waals surface area contributed by atoms with E-state index in [1.165, 1.54) is 25.1 Å². The molecule has 5 nitrogen and oxygen atoms in total. The molecule has 1 N–H and O–H groups in total. The molecule has 2 heterocycles. The molecule has 0 aliphatic carbocycles. The lowest BCUT2D eigenvalue weighted by Gasteiger charge is -2.40. The second kappa shape index (κ2) is 10.3. The molecule has 156 valence electrons. The fourth-order valence-corrected chi connectivity index (χ4v) is 4.85. The van der Waals surface area contributed by atoms with Crippen LogP contribution in [0.15, 0.2) is 30.3 Å². The van der Waals surface area contributed by atoms with Crippen molar-refractivity contribution in [2.75, 3.05) is 52.9 Å². The van der Waals surface area contributed by atoms with E-state index in [-0.39, 0.29) is 12.1 Å². The standard InChI is InChI=1S/C23H38N4O/c1-19-15-20(2)17-26(16-19)12-8-7-11-24-23(28)27-14-13-25(3)18-22(27)21-9-5-4-6-10-21/h4-6,9-10,19-20,22H,7-8,11-18H2,1-3H3,(H,24,28). The van der Waals surface area contributed by atoms with Gasteiger partial charge in [0.25, 0.3) is 0 Å². The molecule has 2 aliphatic rings. The second-order valence-electron chi connectivity index (χ2n) is 9.03. The first kappa shape index (κ1) is 21.1. The first-order valence-corrected chi connectivity index (χ1v) is 11.0. The first-order valence-electron chi connectivity index (χ1n) is 11.0. The maximum absolute atomic E-state index is 12.8. The number of nitrogens with one attached hydrogen (secondary N) is 1. The van der Waals surface area contributed by atoms with Crippen molar-refractivity contribution in [3.63, 3.8) is 0 Å². The molecule has 0 bridgehead atoms. The van der Waals surface area contributed by atoms with Crippen LogP contribution in [0.2, 0.25) is 0 Å². The molecule has 2 aliphatic heterocycles. The van der Waals surface area contributed by atoms with Gasteiger partial charge in [0.1, 0.15) is 0 Å². The van der Waals surface area contributed by atoms with E-state index in [2.05, 4.69) is 60.3 Å². The van der Waals surface area contributed by atoms with E-state index in [0.29, 0.717) is 0 Å². The van der Waals surface area contributed by atoms with Crippen LogP contribution in [0.4, 0.5) is 4.79 Å². The summed E-state index contributed by atoms with van der Waals surface area (Å²) in [4.78, 5) is 19.8. The second-order valence-corrected chi connectivity index (χ2v) is 9.03. The number of hydrogen-bond donors (Lipinski definition) is 1. The van der Waals surface area contributed by atoms with E-state index < -0.39 is 0 Å². The molecule has 28 heavy (non-hydrogen) atoms. The summed E-state index contributed by atoms with van der Waals surface area (Å²) in [6.45, 7) is 11.7. The van der Waals surface area contributed by atoms with Crippen molar-refractivity contribution in [3.05, 3.63) is 35.9 Å². The number of unbranched alkanes of at least 4 members (excludes halogenated alkanes) is 1. The van der Waals surface area contributed by atoms with Crippen molar-refractivity contribution in [3.8, 4) is 0 Å². The molecular weight excluding hydrogens is 348 g/mol. The van der Waals surface area contributed by atoms with Crippen LogP contribution in [0.3, 0.4) is 0 Å². The monoisotopic (exact) mass is 386 g/mol. The van der Waals surface area contributed by atoms with Crippen LogP contribution in [0.5, 0.6) is 0 Å². The summed E-state index contributed by atoms with van der Waals surface area (Å²) >= 11 is 0. The van der Waals surface area contributed by atoms with Gasteiger partial charge >= 0.3 is 6.03 Å². The predicted molar refractivity (Wildman–Crippen MR) is 115 cm³/mol. The predicted octanol–water partition coefficient (Wildman–Crippen LogP) is 3.44. The van der Waals surface area contributed by atoms with Crippen LogP contribution in [-0.2, 0) is 0 Å². The third kappa shape index (κ3) is 5.95. The van der Waals surface area contributed by atoms with Gasteiger partial charge in [-0.3, -0.25) is 0 Å². The number of nitrogens with zero attached hydrogens (tertiary/aromatic N) is 3. The largest absolute Gasteiger partial charge is 0.338 e. The number of likely N-dealkylation sites (tertiary alicyclic amines) is 1. The summed E-state index contributed by atoms with van der Waals surface area (Å²) < 4.78 is 0. The number of rotatable bonds is 6. The molecule has 0 aromatic heterocycles.